The lowest BCUT2D eigenvalue weighted by Gasteiger charge is -2.53. The molecule has 4 rings (SSSR count). The third-order valence-corrected chi connectivity index (χ3v) is 5.33. The van der Waals surface area contributed by atoms with E-state index in [0.717, 1.165) is 17.6 Å². The van der Waals surface area contributed by atoms with Gasteiger partial charge < -0.3 is 14.6 Å². The number of alkyl halides is 2. The van der Waals surface area contributed by atoms with Crippen LogP contribution in [0.3, 0.4) is 0 Å². The maximum absolute atomic E-state index is 14.9. The van der Waals surface area contributed by atoms with E-state index in [2.05, 4.69) is 9.97 Å². The van der Waals surface area contributed by atoms with Crippen molar-refractivity contribution in [1.82, 2.24) is 9.97 Å². The van der Waals surface area contributed by atoms with Gasteiger partial charge in [0.1, 0.15) is 17.4 Å². The monoisotopic (exact) mass is 421 g/mol. The number of halogens is 4. The van der Waals surface area contributed by atoms with E-state index < -0.39 is 35.9 Å². The van der Waals surface area contributed by atoms with Crippen LogP contribution in [0.2, 0.25) is 0 Å². The Bertz CT molecular complexity index is 1090. The van der Waals surface area contributed by atoms with Gasteiger partial charge in [0.05, 0.1) is 35.4 Å². The van der Waals surface area contributed by atoms with Gasteiger partial charge in [0, 0.05) is 29.8 Å². The van der Waals surface area contributed by atoms with Crippen molar-refractivity contribution in [3.05, 3.63) is 53.9 Å². The van der Waals surface area contributed by atoms with Gasteiger partial charge in [0.25, 0.3) is 0 Å². The zero-order chi connectivity index (χ0) is 21.6. The summed E-state index contributed by atoms with van der Waals surface area (Å²) in [6.07, 6.45) is -1.60. The number of fused-ring (bicyclic) bond motifs is 1. The molecule has 3 aromatic rings. The number of aromatic nitrogens is 2. The predicted octanol–water partition coefficient (Wildman–Crippen LogP) is 4.99. The number of hydrogen-bond donors (Lipinski definition) is 1. The maximum Gasteiger partial charge on any atom is 0.241 e. The molecule has 1 saturated heterocycles. The second-order valence-electron chi connectivity index (χ2n) is 7.73. The summed E-state index contributed by atoms with van der Waals surface area (Å²) in [5.41, 5.74) is 0.542. The lowest BCUT2D eigenvalue weighted by Crippen LogP contribution is -2.61. The zero-order valence-corrected chi connectivity index (χ0v) is 16.3. The Hall–Kier alpha value is -3.10. The van der Waals surface area contributed by atoms with Gasteiger partial charge in [-0.25, -0.2) is 22.5 Å². The largest absolute Gasteiger partial charge is 0.493 e. The number of nitrogens with one attached hydrogen (secondary N) is 1. The topological polar surface area (TPSA) is 58.2 Å². The van der Waals surface area contributed by atoms with E-state index in [4.69, 9.17) is 4.74 Å². The first kappa shape index (κ1) is 20.2. The summed E-state index contributed by atoms with van der Waals surface area (Å²) in [6, 6.07) is 6.11. The normalized spacial score (nSPS) is 18.2. The smallest absolute Gasteiger partial charge is 0.241 e. The number of hydrogen-bond acceptors (Lipinski definition) is 3. The molecule has 0 bridgehead atoms. The number of rotatable bonds is 6. The standard InChI is InChI=1S/C21H19F4N3O2/c1-21(2)19(18-13(22)8-12(9-14(18)23)30-6-5-17(24)25)28(20(21)29)11-3-4-15-16(7-11)27-10-26-15/h3-4,7-10,17,19H,5-6H2,1-2H3,(H,26,27). The molecular weight excluding hydrogens is 402 g/mol. The molecule has 30 heavy (non-hydrogen) atoms. The molecule has 2 heterocycles. The summed E-state index contributed by atoms with van der Waals surface area (Å²) in [5, 5.41) is 0. The van der Waals surface area contributed by atoms with Gasteiger partial charge >= 0.3 is 0 Å². The lowest BCUT2D eigenvalue weighted by molar-refractivity contribution is -0.137. The first-order valence-corrected chi connectivity index (χ1v) is 9.37. The second-order valence-corrected chi connectivity index (χ2v) is 7.73. The van der Waals surface area contributed by atoms with Gasteiger partial charge in [-0.1, -0.05) is 0 Å². The van der Waals surface area contributed by atoms with E-state index in [1.165, 1.54) is 11.2 Å². The molecule has 0 aliphatic carbocycles. The predicted molar refractivity (Wildman–Crippen MR) is 103 cm³/mol. The van der Waals surface area contributed by atoms with Gasteiger partial charge in [-0.05, 0) is 32.0 Å². The minimum absolute atomic E-state index is 0.178. The first-order chi connectivity index (χ1) is 14.2. The maximum atomic E-state index is 14.9. The fourth-order valence-electron chi connectivity index (χ4n) is 3.80. The fourth-order valence-corrected chi connectivity index (χ4v) is 3.80. The highest BCUT2D eigenvalue weighted by molar-refractivity contribution is 6.06. The van der Waals surface area contributed by atoms with E-state index in [1.54, 1.807) is 32.0 Å². The van der Waals surface area contributed by atoms with Crippen molar-refractivity contribution in [2.45, 2.75) is 32.7 Å². The number of carbonyl (C=O) groups excluding carboxylic acids is 1. The van der Waals surface area contributed by atoms with Crippen LogP contribution in [0.5, 0.6) is 5.75 Å². The molecular formula is C21H19F4N3O2. The molecule has 1 unspecified atom stereocenters. The van der Waals surface area contributed by atoms with Gasteiger partial charge in [0.15, 0.2) is 0 Å². The lowest BCUT2D eigenvalue weighted by atomic mass is 9.70. The highest BCUT2D eigenvalue weighted by Gasteiger charge is 2.57. The van der Waals surface area contributed by atoms with Crippen molar-refractivity contribution >= 4 is 22.6 Å². The Morgan fingerprint density at radius 3 is 2.57 bits per heavy atom. The van der Waals surface area contributed by atoms with Crippen molar-refractivity contribution in [2.75, 3.05) is 11.5 Å². The van der Waals surface area contributed by atoms with E-state index in [0.29, 0.717) is 11.2 Å². The van der Waals surface area contributed by atoms with Crippen molar-refractivity contribution in [1.29, 1.82) is 0 Å². The summed E-state index contributed by atoms with van der Waals surface area (Å²) in [7, 11) is 0. The Balaban J connectivity index is 1.69. The highest BCUT2D eigenvalue weighted by atomic mass is 19.3. The van der Waals surface area contributed by atoms with Crippen LogP contribution < -0.4 is 9.64 Å². The first-order valence-electron chi connectivity index (χ1n) is 9.37. The number of anilines is 1. The van der Waals surface area contributed by atoms with Crippen molar-refractivity contribution in [2.24, 2.45) is 5.41 Å². The molecule has 0 radical (unpaired) electrons. The third kappa shape index (κ3) is 3.28. The van der Waals surface area contributed by atoms with Crippen LogP contribution in [0.4, 0.5) is 23.2 Å². The van der Waals surface area contributed by atoms with E-state index >= 15 is 0 Å². The molecule has 1 aliphatic heterocycles. The van der Waals surface area contributed by atoms with Crippen LogP contribution in [0.15, 0.2) is 36.7 Å². The van der Waals surface area contributed by atoms with Crippen molar-refractivity contribution < 1.29 is 27.1 Å². The number of benzene rings is 2. The van der Waals surface area contributed by atoms with Gasteiger partial charge in [-0.3, -0.25) is 4.79 Å². The summed E-state index contributed by atoms with van der Waals surface area (Å²) < 4.78 is 59.4. The quantitative estimate of drug-likeness (QED) is 0.451. The molecule has 1 N–H and O–H groups in total. The zero-order valence-electron chi connectivity index (χ0n) is 16.3. The van der Waals surface area contributed by atoms with Crippen LogP contribution in [0.1, 0.15) is 31.9 Å². The van der Waals surface area contributed by atoms with Crippen LogP contribution in [0, 0.1) is 17.0 Å². The number of nitrogens with zero attached hydrogens (tertiary/aromatic N) is 2. The Morgan fingerprint density at radius 2 is 1.90 bits per heavy atom. The van der Waals surface area contributed by atoms with Gasteiger partial charge in [-0.15, -0.1) is 0 Å². The molecule has 9 heteroatoms. The molecule has 158 valence electrons. The molecule has 5 nitrogen and oxygen atoms in total. The number of carbonyl (C=O) groups is 1. The Morgan fingerprint density at radius 1 is 1.20 bits per heavy atom. The van der Waals surface area contributed by atoms with Crippen LogP contribution in [-0.2, 0) is 4.79 Å². The fraction of sp³-hybridized carbons (Fsp3) is 0.333. The van der Waals surface area contributed by atoms with E-state index in [9.17, 15) is 22.4 Å². The molecule has 0 spiro atoms. The van der Waals surface area contributed by atoms with Crippen LogP contribution in [-0.4, -0.2) is 28.9 Å². The van der Waals surface area contributed by atoms with Gasteiger partial charge in [-0.2, -0.15) is 0 Å². The average Bonchev–Trinajstić information content (AvgIpc) is 3.14. The number of ether oxygens (including phenoxy) is 1. The van der Waals surface area contributed by atoms with E-state index in [1.807, 2.05) is 0 Å². The molecule has 2 aromatic carbocycles. The molecule has 1 fully saturated rings. The number of imidazole rings is 1. The van der Waals surface area contributed by atoms with Crippen molar-refractivity contribution in [3.63, 3.8) is 0 Å². The average molecular weight is 421 g/mol. The van der Waals surface area contributed by atoms with Gasteiger partial charge in [0.2, 0.25) is 12.3 Å². The van der Waals surface area contributed by atoms with Crippen LogP contribution in [0.25, 0.3) is 11.0 Å². The summed E-state index contributed by atoms with van der Waals surface area (Å²) in [6.45, 7) is 2.88. The molecule has 1 aromatic heterocycles. The van der Waals surface area contributed by atoms with E-state index in [-0.39, 0.29) is 23.8 Å². The minimum atomic E-state index is -2.57. The Labute approximate surface area is 169 Å². The number of amides is 1. The minimum Gasteiger partial charge on any atom is -0.493 e. The number of H-pyrrole nitrogens is 1. The summed E-state index contributed by atoms with van der Waals surface area (Å²) >= 11 is 0. The third-order valence-electron chi connectivity index (χ3n) is 5.33. The SMILES string of the molecule is CC1(C)C(=O)N(c2ccc3[nH]cnc3c2)C1c1c(F)cc(OCCC(F)F)cc1F. The Kier molecular flexibility index (Phi) is 4.91. The molecule has 1 aliphatic rings. The molecule has 1 atom stereocenters. The van der Waals surface area contributed by atoms with Crippen molar-refractivity contribution in [3.8, 4) is 5.75 Å². The second kappa shape index (κ2) is 7.30. The highest BCUT2D eigenvalue weighted by Crippen LogP contribution is 2.53. The number of β-lactam (4-membered cyclic amide) rings is 1. The molecule has 0 saturated carbocycles. The van der Waals surface area contributed by atoms with Crippen LogP contribution >= 0.6 is 0 Å². The molecule has 1 amide bonds. The summed E-state index contributed by atoms with van der Waals surface area (Å²) in [5.74, 6) is -2.27. The summed E-state index contributed by atoms with van der Waals surface area (Å²) in [4.78, 5) is 21.2. The number of aromatic amines is 1.